The van der Waals surface area contributed by atoms with Crippen molar-refractivity contribution in [2.24, 2.45) is 11.7 Å². The SMILES string of the molecule is CC1CCCN(CCOC2CCCCO2)C1CN. The predicted molar refractivity (Wildman–Crippen MR) is 72.4 cm³/mol. The molecular weight excluding hydrogens is 228 g/mol. The lowest BCUT2D eigenvalue weighted by atomic mass is 9.91. The van der Waals surface area contributed by atoms with Gasteiger partial charge in [0.25, 0.3) is 0 Å². The molecule has 2 saturated heterocycles. The average Bonchev–Trinajstić information content (AvgIpc) is 2.40. The Morgan fingerprint density at radius 3 is 2.89 bits per heavy atom. The average molecular weight is 256 g/mol. The maximum atomic E-state index is 5.89. The molecule has 0 amide bonds. The molecule has 4 nitrogen and oxygen atoms in total. The van der Waals surface area contributed by atoms with E-state index in [-0.39, 0.29) is 6.29 Å². The Bertz CT molecular complexity index is 232. The van der Waals surface area contributed by atoms with Gasteiger partial charge in [-0.3, -0.25) is 4.90 Å². The quantitative estimate of drug-likeness (QED) is 0.811. The van der Waals surface area contributed by atoms with Crippen LogP contribution in [0.3, 0.4) is 0 Å². The minimum absolute atomic E-state index is 0.0392. The Hall–Kier alpha value is -0.160. The van der Waals surface area contributed by atoms with E-state index < -0.39 is 0 Å². The fourth-order valence-corrected chi connectivity index (χ4v) is 3.14. The Morgan fingerprint density at radius 1 is 1.28 bits per heavy atom. The van der Waals surface area contributed by atoms with Crippen molar-refractivity contribution in [3.05, 3.63) is 0 Å². The molecular formula is C14H28N2O2. The van der Waals surface area contributed by atoms with Gasteiger partial charge in [-0.15, -0.1) is 0 Å². The van der Waals surface area contributed by atoms with E-state index in [9.17, 15) is 0 Å². The Morgan fingerprint density at radius 2 is 2.17 bits per heavy atom. The molecule has 0 aliphatic carbocycles. The summed E-state index contributed by atoms with van der Waals surface area (Å²) >= 11 is 0. The van der Waals surface area contributed by atoms with Gasteiger partial charge in [-0.1, -0.05) is 6.92 Å². The summed E-state index contributed by atoms with van der Waals surface area (Å²) in [6.07, 6.45) is 6.10. The number of likely N-dealkylation sites (tertiary alicyclic amines) is 1. The molecule has 2 rings (SSSR count). The number of hydrogen-bond acceptors (Lipinski definition) is 4. The first-order chi connectivity index (χ1) is 8.81. The second-order valence-corrected chi connectivity index (χ2v) is 5.63. The zero-order chi connectivity index (χ0) is 12.8. The van der Waals surface area contributed by atoms with Crippen molar-refractivity contribution in [3.8, 4) is 0 Å². The van der Waals surface area contributed by atoms with E-state index in [4.69, 9.17) is 15.2 Å². The second kappa shape index (κ2) is 7.43. The molecule has 4 heteroatoms. The first-order valence-corrected chi connectivity index (χ1v) is 7.48. The summed E-state index contributed by atoms with van der Waals surface area (Å²) < 4.78 is 11.4. The first-order valence-electron chi connectivity index (χ1n) is 7.48. The molecule has 106 valence electrons. The van der Waals surface area contributed by atoms with Crippen LogP contribution in [0.25, 0.3) is 0 Å². The Labute approximate surface area is 111 Å². The summed E-state index contributed by atoms with van der Waals surface area (Å²) in [7, 11) is 0. The van der Waals surface area contributed by atoms with Crippen LogP contribution in [0.5, 0.6) is 0 Å². The van der Waals surface area contributed by atoms with Crippen LogP contribution in [0.1, 0.15) is 39.0 Å². The minimum atomic E-state index is 0.0392. The predicted octanol–water partition coefficient (Wildman–Crippen LogP) is 1.59. The van der Waals surface area contributed by atoms with Gasteiger partial charge in [0.2, 0.25) is 0 Å². The summed E-state index contributed by atoms with van der Waals surface area (Å²) in [5.74, 6) is 0.717. The molecule has 0 spiro atoms. The highest BCUT2D eigenvalue weighted by molar-refractivity contribution is 4.82. The van der Waals surface area contributed by atoms with E-state index in [1.165, 1.54) is 32.2 Å². The van der Waals surface area contributed by atoms with Crippen molar-refractivity contribution in [2.75, 3.05) is 32.8 Å². The van der Waals surface area contributed by atoms with Crippen LogP contribution in [-0.2, 0) is 9.47 Å². The highest BCUT2D eigenvalue weighted by Crippen LogP contribution is 2.22. The fourth-order valence-electron chi connectivity index (χ4n) is 3.14. The van der Waals surface area contributed by atoms with Crippen molar-refractivity contribution in [2.45, 2.75) is 51.4 Å². The number of nitrogens with two attached hydrogens (primary N) is 1. The number of hydrogen-bond donors (Lipinski definition) is 1. The molecule has 2 aliphatic heterocycles. The van der Waals surface area contributed by atoms with Gasteiger partial charge >= 0.3 is 0 Å². The van der Waals surface area contributed by atoms with Gasteiger partial charge in [-0.2, -0.15) is 0 Å². The van der Waals surface area contributed by atoms with Crippen LogP contribution >= 0.6 is 0 Å². The minimum Gasteiger partial charge on any atom is -0.353 e. The molecule has 2 fully saturated rings. The lowest BCUT2D eigenvalue weighted by molar-refractivity contribution is -0.165. The van der Waals surface area contributed by atoms with Crippen LogP contribution in [0.15, 0.2) is 0 Å². The van der Waals surface area contributed by atoms with E-state index in [0.717, 1.165) is 38.6 Å². The molecule has 0 aromatic carbocycles. The van der Waals surface area contributed by atoms with Gasteiger partial charge < -0.3 is 15.2 Å². The smallest absolute Gasteiger partial charge is 0.157 e. The molecule has 2 aliphatic rings. The molecule has 18 heavy (non-hydrogen) atoms. The van der Waals surface area contributed by atoms with E-state index in [2.05, 4.69) is 11.8 Å². The zero-order valence-electron chi connectivity index (χ0n) is 11.6. The normalized spacial score (nSPS) is 34.7. The highest BCUT2D eigenvalue weighted by Gasteiger charge is 2.27. The van der Waals surface area contributed by atoms with E-state index in [1.807, 2.05) is 0 Å². The third-order valence-corrected chi connectivity index (χ3v) is 4.29. The monoisotopic (exact) mass is 256 g/mol. The fraction of sp³-hybridized carbons (Fsp3) is 1.00. The lowest BCUT2D eigenvalue weighted by Gasteiger charge is -2.39. The maximum Gasteiger partial charge on any atom is 0.157 e. The number of piperidine rings is 1. The van der Waals surface area contributed by atoms with Crippen molar-refractivity contribution >= 4 is 0 Å². The summed E-state index contributed by atoms with van der Waals surface area (Å²) in [5.41, 5.74) is 5.89. The van der Waals surface area contributed by atoms with Crippen LogP contribution in [-0.4, -0.2) is 50.1 Å². The topological polar surface area (TPSA) is 47.7 Å². The van der Waals surface area contributed by atoms with Gasteiger partial charge in [-0.05, 0) is 44.6 Å². The van der Waals surface area contributed by atoms with Crippen LogP contribution in [0, 0.1) is 5.92 Å². The third-order valence-electron chi connectivity index (χ3n) is 4.29. The molecule has 0 aromatic heterocycles. The Kier molecular flexibility index (Phi) is 5.89. The summed E-state index contributed by atoms with van der Waals surface area (Å²) in [6, 6.07) is 0.537. The van der Waals surface area contributed by atoms with Gasteiger partial charge in [0.15, 0.2) is 6.29 Å². The first kappa shape index (κ1) is 14.3. The van der Waals surface area contributed by atoms with Crippen molar-refractivity contribution in [1.29, 1.82) is 0 Å². The molecule has 0 bridgehead atoms. The van der Waals surface area contributed by atoms with Crippen LogP contribution in [0.4, 0.5) is 0 Å². The zero-order valence-corrected chi connectivity index (χ0v) is 11.6. The summed E-state index contributed by atoms with van der Waals surface area (Å²) in [6.45, 7) is 6.87. The van der Waals surface area contributed by atoms with Crippen molar-refractivity contribution in [3.63, 3.8) is 0 Å². The summed E-state index contributed by atoms with van der Waals surface area (Å²) in [5, 5.41) is 0. The largest absolute Gasteiger partial charge is 0.353 e. The molecule has 0 saturated carbocycles. The number of nitrogens with zero attached hydrogens (tertiary/aromatic N) is 1. The molecule has 2 heterocycles. The summed E-state index contributed by atoms with van der Waals surface area (Å²) in [4.78, 5) is 2.50. The van der Waals surface area contributed by atoms with Crippen molar-refractivity contribution in [1.82, 2.24) is 4.90 Å². The lowest BCUT2D eigenvalue weighted by Crippen LogP contribution is -2.49. The highest BCUT2D eigenvalue weighted by atomic mass is 16.7. The van der Waals surface area contributed by atoms with Crippen molar-refractivity contribution < 1.29 is 9.47 Å². The number of rotatable bonds is 5. The van der Waals surface area contributed by atoms with E-state index >= 15 is 0 Å². The molecule has 0 aromatic rings. The molecule has 2 N–H and O–H groups in total. The second-order valence-electron chi connectivity index (χ2n) is 5.63. The van der Waals surface area contributed by atoms with Crippen LogP contribution in [0.2, 0.25) is 0 Å². The molecule has 3 atom stereocenters. The van der Waals surface area contributed by atoms with Gasteiger partial charge in [0.1, 0.15) is 0 Å². The van der Waals surface area contributed by atoms with Crippen LogP contribution < -0.4 is 5.73 Å². The third kappa shape index (κ3) is 3.92. The Balaban J connectivity index is 1.68. The molecule has 3 unspecified atom stereocenters. The standard InChI is InChI=1S/C14H28N2O2/c1-12-5-4-7-16(13(12)11-15)8-10-18-14-6-2-3-9-17-14/h12-14H,2-11,15H2,1H3. The van der Waals surface area contributed by atoms with Gasteiger partial charge in [-0.25, -0.2) is 0 Å². The van der Waals surface area contributed by atoms with E-state index in [0.29, 0.717) is 6.04 Å². The molecule has 0 radical (unpaired) electrons. The van der Waals surface area contributed by atoms with Gasteiger partial charge in [0, 0.05) is 25.7 Å². The van der Waals surface area contributed by atoms with Gasteiger partial charge in [0.05, 0.1) is 6.61 Å². The maximum absolute atomic E-state index is 5.89. The number of ether oxygens (including phenoxy) is 2. The van der Waals surface area contributed by atoms with E-state index in [1.54, 1.807) is 0 Å².